The molecule has 1 unspecified atom stereocenters. The molecule has 0 aromatic rings. The van der Waals surface area contributed by atoms with Gasteiger partial charge in [-0.1, -0.05) is 20.8 Å². The van der Waals surface area contributed by atoms with Crippen molar-refractivity contribution in [2.24, 2.45) is 5.41 Å². The fourth-order valence-corrected chi connectivity index (χ4v) is 1.24. The van der Waals surface area contributed by atoms with Gasteiger partial charge in [-0.25, -0.2) is 0 Å². The Balaban J connectivity index is 4.63. The molecule has 4 nitrogen and oxygen atoms in total. The summed E-state index contributed by atoms with van der Waals surface area (Å²) in [4.78, 5) is 12.7. The number of likely N-dealkylation sites (N-methyl/N-ethyl adjacent to an activating group) is 1. The number of aliphatic hydroxyl groups is 1. The quantitative estimate of drug-likeness (QED) is 0.709. The Hall–Kier alpha value is -0.610. The van der Waals surface area contributed by atoms with E-state index in [2.05, 4.69) is 0 Å². The number of hydrogen-bond donors (Lipinski definition) is 2. The normalized spacial score (nSPS) is 16.8. The molecular formula is C10H21NO3. The molecule has 0 rings (SSSR count). The molecule has 2 N–H and O–H groups in total. The van der Waals surface area contributed by atoms with E-state index >= 15 is 0 Å². The summed E-state index contributed by atoms with van der Waals surface area (Å²) < 4.78 is 0. The van der Waals surface area contributed by atoms with Crippen molar-refractivity contribution in [1.82, 2.24) is 4.90 Å². The largest absolute Gasteiger partial charge is 0.480 e. The maximum Gasteiger partial charge on any atom is 0.326 e. The second-order valence-corrected chi connectivity index (χ2v) is 5.15. The molecule has 0 saturated carbocycles. The van der Waals surface area contributed by atoms with Crippen LogP contribution in [0.3, 0.4) is 0 Å². The lowest BCUT2D eigenvalue weighted by Crippen LogP contribution is -2.55. The van der Waals surface area contributed by atoms with E-state index in [-0.39, 0.29) is 12.0 Å². The number of carboxylic acids is 1. The average Bonchev–Trinajstić information content (AvgIpc) is 1.99. The van der Waals surface area contributed by atoms with Crippen LogP contribution < -0.4 is 0 Å². The van der Waals surface area contributed by atoms with E-state index in [0.717, 1.165) is 0 Å². The zero-order valence-electron chi connectivity index (χ0n) is 9.66. The molecule has 0 spiro atoms. The molecule has 14 heavy (non-hydrogen) atoms. The standard InChI is InChI=1S/C10H21NO3/c1-9(2,3)6-11(5)10(4,7-12)8(13)14/h12H,6-7H2,1-5H3,(H,13,14). The second-order valence-electron chi connectivity index (χ2n) is 5.15. The van der Waals surface area contributed by atoms with E-state index in [0.29, 0.717) is 6.54 Å². The third-order valence-corrected chi connectivity index (χ3v) is 2.32. The third-order valence-electron chi connectivity index (χ3n) is 2.32. The summed E-state index contributed by atoms with van der Waals surface area (Å²) in [5, 5.41) is 18.1. The first-order valence-corrected chi connectivity index (χ1v) is 4.69. The molecule has 0 heterocycles. The van der Waals surface area contributed by atoms with Crippen LogP contribution in [-0.4, -0.2) is 46.8 Å². The molecule has 0 radical (unpaired) electrons. The van der Waals surface area contributed by atoms with E-state index in [9.17, 15) is 4.79 Å². The predicted octanol–water partition coefficient (Wildman–Crippen LogP) is 0.800. The molecule has 0 aliphatic rings. The number of aliphatic hydroxyl groups excluding tert-OH is 1. The zero-order chi connectivity index (χ0) is 11.6. The van der Waals surface area contributed by atoms with Gasteiger partial charge in [0.15, 0.2) is 0 Å². The maximum atomic E-state index is 11.0. The van der Waals surface area contributed by atoms with Gasteiger partial charge in [0.1, 0.15) is 5.54 Å². The van der Waals surface area contributed by atoms with Crippen molar-refractivity contribution in [3.8, 4) is 0 Å². The number of nitrogens with zero attached hydrogens (tertiary/aromatic N) is 1. The molecule has 0 amide bonds. The van der Waals surface area contributed by atoms with Crippen molar-refractivity contribution in [3.05, 3.63) is 0 Å². The Bertz CT molecular complexity index is 210. The third kappa shape index (κ3) is 3.27. The number of aliphatic carboxylic acids is 1. The molecule has 1 atom stereocenters. The highest BCUT2D eigenvalue weighted by atomic mass is 16.4. The van der Waals surface area contributed by atoms with E-state index in [1.807, 2.05) is 20.8 Å². The smallest absolute Gasteiger partial charge is 0.326 e. The van der Waals surface area contributed by atoms with Gasteiger partial charge in [0.25, 0.3) is 0 Å². The van der Waals surface area contributed by atoms with Crippen LogP contribution in [0.5, 0.6) is 0 Å². The first-order valence-electron chi connectivity index (χ1n) is 4.69. The van der Waals surface area contributed by atoms with Gasteiger partial charge >= 0.3 is 5.97 Å². The Labute approximate surface area is 85.5 Å². The Morgan fingerprint density at radius 2 is 1.71 bits per heavy atom. The van der Waals surface area contributed by atoms with Crippen LogP contribution >= 0.6 is 0 Å². The van der Waals surface area contributed by atoms with Crippen molar-refractivity contribution >= 4 is 5.97 Å². The van der Waals surface area contributed by atoms with Gasteiger partial charge in [-0.2, -0.15) is 0 Å². The molecule has 0 aromatic heterocycles. The number of hydrogen-bond acceptors (Lipinski definition) is 3. The number of carboxylic acid groups (broad SMARTS) is 1. The molecule has 4 heteroatoms. The van der Waals surface area contributed by atoms with Crippen LogP contribution in [0.2, 0.25) is 0 Å². The number of rotatable bonds is 4. The summed E-state index contributed by atoms with van der Waals surface area (Å²) in [7, 11) is 1.72. The highest BCUT2D eigenvalue weighted by Crippen LogP contribution is 2.21. The van der Waals surface area contributed by atoms with Crippen LogP contribution in [0.4, 0.5) is 0 Å². The second kappa shape index (κ2) is 4.28. The lowest BCUT2D eigenvalue weighted by Gasteiger charge is -2.37. The predicted molar refractivity (Wildman–Crippen MR) is 55.2 cm³/mol. The minimum atomic E-state index is -1.19. The van der Waals surface area contributed by atoms with Crippen molar-refractivity contribution in [3.63, 3.8) is 0 Å². The van der Waals surface area contributed by atoms with Crippen LogP contribution in [-0.2, 0) is 4.79 Å². The minimum absolute atomic E-state index is 0.0145. The summed E-state index contributed by atoms with van der Waals surface area (Å²) in [6.45, 7) is 7.86. The van der Waals surface area contributed by atoms with Gasteiger partial charge < -0.3 is 10.2 Å². The van der Waals surface area contributed by atoms with E-state index in [4.69, 9.17) is 10.2 Å². The molecule has 0 aliphatic heterocycles. The van der Waals surface area contributed by atoms with Gasteiger partial charge in [0.2, 0.25) is 0 Å². The molecule has 0 saturated heterocycles. The lowest BCUT2D eigenvalue weighted by molar-refractivity contribution is -0.153. The number of carbonyl (C=O) groups is 1. The fourth-order valence-electron chi connectivity index (χ4n) is 1.24. The maximum absolute atomic E-state index is 11.0. The highest BCUT2D eigenvalue weighted by Gasteiger charge is 2.38. The Morgan fingerprint density at radius 3 is 1.93 bits per heavy atom. The first-order chi connectivity index (χ1) is 6.13. The van der Waals surface area contributed by atoms with Gasteiger partial charge in [-0.3, -0.25) is 9.69 Å². The summed E-state index contributed by atoms with van der Waals surface area (Å²) in [6, 6.07) is 0. The van der Waals surface area contributed by atoms with Crippen molar-refractivity contribution in [2.75, 3.05) is 20.2 Å². The molecule has 84 valence electrons. The SMILES string of the molecule is CN(CC(C)(C)C)C(C)(CO)C(=O)O. The van der Waals surface area contributed by atoms with Crippen LogP contribution in [0.1, 0.15) is 27.7 Å². The van der Waals surface area contributed by atoms with Crippen LogP contribution in [0.15, 0.2) is 0 Å². The minimum Gasteiger partial charge on any atom is -0.480 e. The topological polar surface area (TPSA) is 60.8 Å². The monoisotopic (exact) mass is 203 g/mol. The molecule has 0 fully saturated rings. The highest BCUT2D eigenvalue weighted by molar-refractivity contribution is 5.78. The van der Waals surface area contributed by atoms with E-state index in [1.54, 1.807) is 11.9 Å². The summed E-state index contributed by atoms with van der Waals surface area (Å²) in [6.07, 6.45) is 0. The molecular weight excluding hydrogens is 182 g/mol. The molecule has 0 aliphatic carbocycles. The first kappa shape index (κ1) is 13.4. The van der Waals surface area contributed by atoms with Crippen LogP contribution in [0.25, 0.3) is 0 Å². The molecule has 0 aromatic carbocycles. The zero-order valence-corrected chi connectivity index (χ0v) is 9.66. The van der Waals surface area contributed by atoms with Gasteiger partial charge in [0, 0.05) is 6.54 Å². The molecule has 0 bridgehead atoms. The van der Waals surface area contributed by atoms with Gasteiger partial charge in [-0.15, -0.1) is 0 Å². The van der Waals surface area contributed by atoms with Crippen molar-refractivity contribution < 1.29 is 15.0 Å². The van der Waals surface area contributed by atoms with Crippen LogP contribution in [0, 0.1) is 5.41 Å². The van der Waals surface area contributed by atoms with Crippen molar-refractivity contribution in [1.29, 1.82) is 0 Å². The fraction of sp³-hybridized carbons (Fsp3) is 0.900. The summed E-state index contributed by atoms with van der Waals surface area (Å²) in [5.41, 5.74) is -1.17. The lowest BCUT2D eigenvalue weighted by atomic mass is 9.92. The van der Waals surface area contributed by atoms with E-state index < -0.39 is 11.5 Å². The summed E-state index contributed by atoms with van der Waals surface area (Å²) >= 11 is 0. The Kier molecular flexibility index (Phi) is 4.09. The van der Waals surface area contributed by atoms with Crippen molar-refractivity contribution in [2.45, 2.75) is 33.2 Å². The van der Waals surface area contributed by atoms with Gasteiger partial charge in [-0.05, 0) is 19.4 Å². The van der Waals surface area contributed by atoms with Gasteiger partial charge in [0.05, 0.1) is 6.61 Å². The Morgan fingerprint density at radius 1 is 1.29 bits per heavy atom. The summed E-state index contributed by atoms with van der Waals surface area (Å²) in [5.74, 6) is -0.994. The van der Waals surface area contributed by atoms with E-state index in [1.165, 1.54) is 6.92 Å². The average molecular weight is 203 g/mol.